The molecule has 1 amide bonds. The molecule has 3 aromatic carbocycles. The number of rotatable bonds is 8. The van der Waals surface area contributed by atoms with Gasteiger partial charge >= 0.3 is 5.97 Å². The molecule has 37 heavy (non-hydrogen) atoms. The molecule has 7 heteroatoms. The number of ether oxygens (including phenoxy) is 2. The van der Waals surface area contributed by atoms with Crippen LogP contribution in [-0.4, -0.2) is 39.1 Å². The first-order valence-corrected chi connectivity index (χ1v) is 12.8. The van der Waals surface area contributed by atoms with Crippen molar-refractivity contribution >= 4 is 11.9 Å². The second-order valence-corrected chi connectivity index (χ2v) is 9.68. The van der Waals surface area contributed by atoms with Gasteiger partial charge in [-0.3, -0.25) is 4.79 Å². The Labute approximate surface area is 216 Å². The quantitative estimate of drug-likeness (QED) is 0.451. The first-order chi connectivity index (χ1) is 18.0. The topological polar surface area (TPSA) is 96.3 Å². The highest BCUT2D eigenvalue weighted by molar-refractivity contribution is 5.88. The number of carboxylic acid groups (broad SMARTS) is 1. The van der Waals surface area contributed by atoms with Gasteiger partial charge in [-0.15, -0.1) is 0 Å². The third kappa shape index (κ3) is 5.47. The van der Waals surface area contributed by atoms with E-state index in [2.05, 4.69) is 0 Å². The van der Waals surface area contributed by atoms with E-state index in [-0.39, 0.29) is 43.1 Å². The Hall–Kier alpha value is -3.84. The van der Waals surface area contributed by atoms with Crippen LogP contribution in [0.5, 0.6) is 11.5 Å². The summed E-state index contributed by atoms with van der Waals surface area (Å²) in [6, 6.07) is 21.0. The first kappa shape index (κ1) is 24.8. The minimum absolute atomic E-state index is 0.0237. The molecule has 1 fully saturated rings. The van der Waals surface area contributed by atoms with E-state index in [0.717, 1.165) is 36.8 Å². The van der Waals surface area contributed by atoms with E-state index < -0.39 is 18.1 Å². The Kier molecular flexibility index (Phi) is 7.42. The predicted molar refractivity (Wildman–Crippen MR) is 137 cm³/mol. The van der Waals surface area contributed by atoms with Gasteiger partial charge in [-0.05, 0) is 35.6 Å². The lowest BCUT2D eigenvalue weighted by Gasteiger charge is -2.37. The summed E-state index contributed by atoms with van der Waals surface area (Å²) < 4.78 is 12.3. The van der Waals surface area contributed by atoms with Crippen molar-refractivity contribution in [1.82, 2.24) is 4.90 Å². The van der Waals surface area contributed by atoms with Gasteiger partial charge in [0.1, 0.15) is 12.6 Å². The van der Waals surface area contributed by atoms with Gasteiger partial charge in [0.05, 0.1) is 6.10 Å². The van der Waals surface area contributed by atoms with Gasteiger partial charge in [-0.1, -0.05) is 79.6 Å². The van der Waals surface area contributed by atoms with Gasteiger partial charge in [0, 0.05) is 18.5 Å². The van der Waals surface area contributed by atoms with Crippen LogP contribution >= 0.6 is 0 Å². The number of phenols is 1. The highest BCUT2D eigenvalue weighted by atomic mass is 16.5. The van der Waals surface area contributed by atoms with Gasteiger partial charge in [0.2, 0.25) is 0 Å². The number of fused-ring (bicyclic) bond motifs is 1. The summed E-state index contributed by atoms with van der Waals surface area (Å²) in [4.78, 5) is 27.7. The van der Waals surface area contributed by atoms with Crippen LogP contribution in [0.25, 0.3) is 0 Å². The van der Waals surface area contributed by atoms with E-state index in [1.165, 1.54) is 11.0 Å². The van der Waals surface area contributed by atoms with Crippen LogP contribution in [0.15, 0.2) is 72.8 Å². The van der Waals surface area contributed by atoms with Crippen LogP contribution < -0.4 is 4.74 Å². The first-order valence-electron chi connectivity index (χ1n) is 12.8. The smallest absolute Gasteiger partial charge is 0.326 e. The molecule has 2 atom stereocenters. The average Bonchev–Trinajstić information content (AvgIpc) is 3.44. The van der Waals surface area contributed by atoms with E-state index in [4.69, 9.17) is 9.47 Å². The fraction of sp³-hybridized carbons (Fsp3) is 0.333. The molecule has 2 unspecified atom stereocenters. The second-order valence-electron chi connectivity index (χ2n) is 9.68. The second kappa shape index (κ2) is 11.0. The van der Waals surface area contributed by atoms with Crippen LogP contribution in [-0.2, 0) is 33.9 Å². The van der Waals surface area contributed by atoms with Crippen LogP contribution in [0.1, 0.15) is 54.0 Å². The fourth-order valence-corrected chi connectivity index (χ4v) is 5.24. The van der Waals surface area contributed by atoms with Crippen LogP contribution in [0.3, 0.4) is 0 Å². The molecule has 0 radical (unpaired) electrons. The van der Waals surface area contributed by atoms with Crippen molar-refractivity contribution in [2.24, 2.45) is 0 Å². The van der Waals surface area contributed by atoms with Crippen molar-refractivity contribution < 1.29 is 29.3 Å². The number of aliphatic carboxylic acids is 1. The largest absolute Gasteiger partial charge is 0.504 e. The van der Waals surface area contributed by atoms with Crippen molar-refractivity contribution in [3.8, 4) is 11.5 Å². The maximum Gasteiger partial charge on any atom is 0.326 e. The number of nitrogens with zero attached hydrogens (tertiary/aromatic N) is 1. The van der Waals surface area contributed by atoms with E-state index in [9.17, 15) is 19.8 Å². The molecule has 2 N–H and O–H groups in total. The number of carboxylic acids is 1. The maximum atomic E-state index is 13.9. The Morgan fingerprint density at radius 1 is 0.946 bits per heavy atom. The minimum atomic E-state index is -1.11. The number of aromatic hydroxyl groups is 1. The lowest BCUT2D eigenvalue weighted by atomic mass is 9.91. The molecule has 2 aliphatic rings. The zero-order chi connectivity index (χ0) is 25.8. The number of carbonyl (C=O) groups is 2. The minimum Gasteiger partial charge on any atom is -0.504 e. The molecule has 1 aliphatic carbocycles. The highest BCUT2D eigenvalue weighted by Gasteiger charge is 2.40. The molecule has 3 aromatic rings. The number of hydrogen-bond donors (Lipinski definition) is 2. The van der Waals surface area contributed by atoms with Gasteiger partial charge in [0.25, 0.3) is 5.91 Å². The molecule has 0 saturated heterocycles. The van der Waals surface area contributed by atoms with E-state index in [0.29, 0.717) is 11.1 Å². The highest BCUT2D eigenvalue weighted by Crippen LogP contribution is 2.39. The Morgan fingerprint density at radius 3 is 2.30 bits per heavy atom. The molecular formula is C30H31NO6. The lowest BCUT2D eigenvalue weighted by Crippen LogP contribution is -2.50. The molecule has 1 heterocycles. The summed E-state index contributed by atoms with van der Waals surface area (Å²) in [5.74, 6) is -1.26. The van der Waals surface area contributed by atoms with Crippen LogP contribution in [0, 0.1) is 0 Å². The van der Waals surface area contributed by atoms with Crippen molar-refractivity contribution in [3.05, 3.63) is 95.1 Å². The molecule has 1 aliphatic heterocycles. The predicted octanol–water partition coefficient (Wildman–Crippen LogP) is 5.01. The van der Waals surface area contributed by atoms with Crippen molar-refractivity contribution in [2.75, 3.05) is 0 Å². The standard InChI is InChI=1S/C30H31NO6/c32-26-16-15-22-18-31(29(33)27(21-11-5-2-6-12-21)37-23-13-7-8-14-23)25(30(34)35)17-24(22)28(26)36-19-20-9-3-1-4-10-20/h1-6,9-12,15-16,23,25,27,32H,7-8,13-14,17-19H2,(H,34,35). The van der Waals surface area contributed by atoms with Gasteiger partial charge in [0.15, 0.2) is 17.6 Å². The average molecular weight is 502 g/mol. The molecule has 0 bridgehead atoms. The third-order valence-corrected chi connectivity index (χ3v) is 7.20. The normalized spacial score (nSPS) is 18.3. The third-order valence-electron chi connectivity index (χ3n) is 7.20. The molecule has 192 valence electrons. The van der Waals surface area contributed by atoms with Gasteiger partial charge < -0.3 is 24.6 Å². The van der Waals surface area contributed by atoms with Crippen LogP contribution in [0.4, 0.5) is 0 Å². The molecule has 5 rings (SSSR count). The van der Waals surface area contributed by atoms with Crippen molar-refractivity contribution in [3.63, 3.8) is 0 Å². The van der Waals surface area contributed by atoms with Crippen molar-refractivity contribution in [1.29, 1.82) is 0 Å². The number of hydrogen-bond acceptors (Lipinski definition) is 5. The van der Waals surface area contributed by atoms with Gasteiger partial charge in [-0.2, -0.15) is 0 Å². The molecule has 1 saturated carbocycles. The Bertz CT molecular complexity index is 1240. The summed E-state index contributed by atoms with van der Waals surface area (Å²) >= 11 is 0. The van der Waals surface area contributed by atoms with E-state index >= 15 is 0 Å². The summed E-state index contributed by atoms with van der Waals surface area (Å²) in [5, 5.41) is 20.7. The van der Waals surface area contributed by atoms with E-state index in [1.54, 1.807) is 6.07 Å². The summed E-state index contributed by atoms with van der Waals surface area (Å²) in [5.41, 5.74) is 3.00. The number of amides is 1. The summed E-state index contributed by atoms with van der Waals surface area (Å²) in [7, 11) is 0. The van der Waals surface area contributed by atoms with Gasteiger partial charge in [-0.25, -0.2) is 4.79 Å². The van der Waals surface area contributed by atoms with E-state index in [1.807, 2.05) is 60.7 Å². The Morgan fingerprint density at radius 2 is 1.62 bits per heavy atom. The zero-order valence-electron chi connectivity index (χ0n) is 20.6. The molecule has 7 nitrogen and oxygen atoms in total. The van der Waals surface area contributed by atoms with Crippen LogP contribution in [0.2, 0.25) is 0 Å². The lowest BCUT2D eigenvalue weighted by molar-refractivity contribution is -0.160. The van der Waals surface area contributed by atoms with Crippen molar-refractivity contribution in [2.45, 2.75) is 63.5 Å². The summed E-state index contributed by atoms with van der Waals surface area (Å²) in [6.07, 6.45) is 3.03. The number of phenolic OH excluding ortho intramolecular Hbond substituents is 1. The maximum absolute atomic E-state index is 13.9. The fourth-order valence-electron chi connectivity index (χ4n) is 5.24. The number of benzene rings is 3. The molecular weight excluding hydrogens is 470 g/mol. The summed E-state index contributed by atoms with van der Waals surface area (Å²) in [6.45, 7) is 0.320. The monoisotopic (exact) mass is 501 g/mol. The molecule has 0 spiro atoms. The zero-order valence-corrected chi connectivity index (χ0v) is 20.6. The molecule has 0 aromatic heterocycles. The Balaban J connectivity index is 1.44. The SMILES string of the molecule is O=C(O)C1Cc2c(ccc(O)c2OCc2ccccc2)CN1C(=O)C(OC1CCCC1)c1ccccc1. The number of carbonyl (C=O) groups excluding carboxylic acids is 1.